The first-order valence-electron chi connectivity index (χ1n) is 6.57. The highest BCUT2D eigenvalue weighted by atomic mass is 35.5. The molecule has 0 N–H and O–H groups in total. The largest absolute Gasteiger partial charge is 0.494 e. The van der Waals surface area contributed by atoms with Crippen molar-refractivity contribution in [3.63, 3.8) is 0 Å². The molecule has 0 radical (unpaired) electrons. The topological polar surface area (TPSA) is 30.3 Å². The van der Waals surface area contributed by atoms with Gasteiger partial charge < -0.3 is 14.2 Å². The Labute approximate surface area is 123 Å². The van der Waals surface area contributed by atoms with Crippen LogP contribution < -0.4 is 4.74 Å². The van der Waals surface area contributed by atoms with Gasteiger partial charge in [0.1, 0.15) is 5.82 Å². The predicted molar refractivity (Wildman–Crippen MR) is 79.0 cm³/mol. The highest BCUT2D eigenvalue weighted by molar-refractivity contribution is 6.16. The van der Waals surface area contributed by atoms with Crippen molar-refractivity contribution in [3.05, 3.63) is 23.8 Å². The van der Waals surface area contributed by atoms with Crippen LogP contribution in [-0.4, -0.2) is 41.7 Å². The Hall–Kier alpha value is -1.33. The number of halogens is 2. The van der Waals surface area contributed by atoms with E-state index in [1.165, 1.54) is 13.2 Å². The zero-order valence-electron chi connectivity index (χ0n) is 12.0. The lowest BCUT2D eigenvalue weighted by Crippen LogP contribution is -2.23. The van der Waals surface area contributed by atoms with Crippen molar-refractivity contribution in [2.45, 2.75) is 19.3 Å². The Balaban J connectivity index is 2.44. The summed E-state index contributed by atoms with van der Waals surface area (Å²) in [7, 11) is 3.51. The lowest BCUT2D eigenvalue weighted by molar-refractivity contribution is 0.335. The van der Waals surface area contributed by atoms with Crippen LogP contribution in [0.3, 0.4) is 0 Å². The summed E-state index contributed by atoms with van der Waals surface area (Å²) < 4.78 is 20.8. The van der Waals surface area contributed by atoms with E-state index in [4.69, 9.17) is 16.3 Å². The number of nitrogens with zero attached hydrogens (tertiary/aromatic N) is 3. The first kappa shape index (κ1) is 15.1. The highest BCUT2D eigenvalue weighted by Gasteiger charge is 2.14. The highest BCUT2D eigenvalue weighted by Crippen LogP contribution is 2.26. The molecule has 0 unspecified atom stereocenters. The van der Waals surface area contributed by atoms with Crippen LogP contribution in [-0.2, 0) is 12.4 Å². The molecule has 0 atom stereocenters. The molecule has 0 saturated heterocycles. The van der Waals surface area contributed by atoms with E-state index in [0.717, 1.165) is 31.0 Å². The average Bonchev–Trinajstić information content (AvgIpc) is 2.80. The van der Waals surface area contributed by atoms with E-state index in [2.05, 4.69) is 23.9 Å². The summed E-state index contributed by atoms with van der Waals surface area (Å²) in [4.78, 5) is 6.59. The van der Waals surface area contributed by atoms with E-state index in [9.17, 15) is 4.39 Å². The van der Waals surface area contributed by atoms with Gasteiger partial charge in [0.05, 0.1) is 24.0 Å². The van der Waals surface area contributed by atoms with Gasteiger partial charge in [-0.25, -0.2) is 9.37 Å². The quantitative estimate of drug-likeness (QED) is 0.768. The van der Waals surface area contributed by atoms with E-state index in [0.29, 0.717) is 11.4 Å². The minimum absolute atomic E-state index is 0.226. The summed E-state index contributed by atoms with van der Waals surface area (Å²) in [6, 6.07) is 3.07. The molecule has 1 aromatic heterocycles. The molecule has 1 heterocycles. The van der Waals surface area contributed by atoms with Crippen LogP contribution in [0.15, 0.2) is 12.1 Å². The Morgan fingerprint density at radius 3 is 2.80 bits per heavy atom. The first-order chi connectivity index (χ1) is 9.60. The van der Waals surface area contributed by atoms with Crippen LogP contribution >= 0.6 is 11.6 Å². The monoisotopic (exact) mass is 299 g/mol. The third kappa shape index (κ3) is 2.88. The second-order valence-corrected chi connectivity index (χ2v) is 4.95. The normalized spacial score (nSPS) is 11.5. The van der Waals surface area contributed by atoms with Gasteiger partial charge in [0.15, 0.2) is 11.6 Å². The molecule has 4 nitrogen and oxygen atoms in total. The third-order valence-corrected chi connectivity index (χ3v) is 3.70. The van der Waals surface area contributed by atoms with Gasteiger partial charge in [-0.3, -0.25) is 0 Å². The van der Waals surface area contributed by atoms with Gasteiger partial charge in [-0.1, -0.05) is 6.92 Å². The fourth-order valence-electron chi connectivity index (χ4n) is 2.11. The molecule has 0 saturated carbocycles. The summed E-state index contributed by atoms with van der Waals surface area (Å²) in [5.41, 5.74) is 1.46. The maximum absolute atomic E-state index is 13.7. The number of aromatic nitrogens is 2. The minimum Gasteiger partial charge on any atom is -0.494 e. The van der Waals surface area contributed by atoms with Crippen molar-refractivity contribution < 1.29 is 9.13 Å². The van der Waals surface area contributed by atoms with E-state index >= 15 is 0 Å². The van der Waals surface area contributed by atoms with Crippen LogP contribution in [0, 0.1) is 5.82 Å². The summed E-state index contributed by atoms with van der Waals surface area (Å²) >= 11 is 5.94. The van der Waals surface area contributed by atoms with Crippen LogP contribution in [0.5, 0.6) is 5.75 Å². The predicted octanol–water partition coefficient (Wildman–Crippen LogP) is 2.87. The number of fused-ring (bicyclic) bond motifs is 1. The van der Waals surface area contributed by atoms with Gasteiger partial charge in [-0.15, -0.1) is 11.6 Å². The molecule has 0 aliphatic rings. The zero-order valence-corrected chi connectivity index (χ0v) is 12.7. The Kier molecular flexibility index (Phi) is 4.83. The number of alkyl halides is 1. The number of rotatable bonds is 6. The molecule has 0 amide bonds. The minimum atomic E-state index is -0.406. The molecule has 1 aromatic carbocycles. The number of methoxy groups -OCH3 is 1. The third-order valence-electron chi connectivity index (χ3n) is 3.47. The lowest BCUT2D eigenvalue weighted by atomic mass is 10.3. The van der Waals surface area contributed by atoms with E-state index < -0.39 is 5.82 Å². The second-order valence-electron chi connectivity index (χ2n) is 4.68. The summed E-state index contributed by atoms with van der Waals surface area (Å²) in [6.07, 6.45) is 0. The van der Waals surface area contributed by atoms with Gasteiger partial charge in [0.25, 0.3) is 0 Å². The molecular formula is C14H19ClFN3O. The maximum atomic E-state index is 13.7. The average molecular weight is 300 g/mol. The Morgan fingerprint density at radius 2 is 2.20 bits per heavy atom. The standard InChI is InChI=1S/C14H19ClFN3O/c1-4-18(2)5-6-19-12-8-13(20-3)10(16)7-11(12)17-14(19)9-15/h7-8H,4-6,9H2,1-3H3. The van der Waals surface area contributed by atoms with Crippen molar-refractivity contribution in [1.29, 1.82) is 0 Å². The van der Waals surface area contributed by atoms with E-state index in [1.807, 2.05) is 4.57 Å². The van der Waals surface area contributed by atoms with Crippen molar-refractivity contribution in [3.8, 4) is 5.75 Å². The van der Waals surface area contributed by atoms with E-state index in [-0.39, 0.29) is 5.75 Å². The lowest BCUT2D eigenvalue weighted by Gasteiger charge is -2.15. The molecule has 0 aliphatic carbocycles. The first-order valence-corrected chi connectivity index (χ1v) is 7.11. The number of likely N-dealkylation sites (N-methyl/N-ethyl adjacent to an activating group) is 1. The van der Waals surface area contributed by atoms with Crippen LogP contribution in [0.1, 0.15) is 12.7 Å². The number of hydrogen-bond acceptors (Lipinski definition) is 3. The van der Waals surface area contributed by atoms with Crippen LogP contribution in [0.25, 0.3) is 11.0 Å². The molecule has 110 valence electrons. The Morgan fingerprint density at radius 1 is 1.45 bits per heavy atom. The van der Waals surface area contributed by atoms with E-state index in [1.54, 1.807) is 6.07 Å². The van der Waals surface area contributed by atoms with Gasteiger partial charge >= 0.3 is 0 Å². The molecule has 0 fully saturated rings. The van der Waals surface area contributed by atoms with Crippen molar-refractivity contribution in [2.24, 2.45) is 0 Å². The number of imidazole rings is 1. The molecule has 2 rings (SSSR count). The number of benzene rings is 1. The molecule has 0 bridgehead atoms. The summed E-state index contributed by atoms with van der Waals surface area (Å²) in [6.45, 7) is 4.72. The SMILES string of the molecule is CCN(C)CCn1c(CCl)nc2cc(F)c(OC)cc21. The van der Waals surface area contributed by atoms with Gasteiger partial charge in [-0.05, 0) is 13.6 Å². The van der Waals surface area contributed by atoms with Crippen LogP contribution in [0.4, 0.5) is 4.39 Å². The maximum Gasteiger partial charge on any atom is 0.167 e. The second kappa shape index (κ2) is 6.41. The fraction of sp³-hybridized carbons (Fsp3) is 0.500. The fourth-order valence-corrected chi connectivity index (χ4v) is 2.32. The zero-order chi connectivity index (χ0) is 14.7. The van der Waals surface area contributed by atoms with Gasteiger partial charge in [0.2, 0.25) is 0 Å². The van der Waals surface area contributed by atoms with Gasteiger partial charge in [-0.2, -0.15) is 0 Å². The molecule has 0 spiro atoms. The molecule has 2 aromatic rings. The van der Waals surface area contributed by atoms with Crippen molar-refractivity contribution in [2.75, 3.05) is 27.2 Å². The Bertz CT molecular complexity index is 600. The molecular weight excluding hydrogens is 281 g/mol. The van der Waals surface area contributed by atoms with Crippen molar-refractivity contribution >= 4 is 22.6 Å². The van der Waals surface area contributed by atoms with Crippen LogP contribution in [0.2, 0.25) is 0 Å². The molecule has 0 aliphatic heterocycles. The number of hydrogen-bond donors (Lipinski definition) is 0. The molecule has 20 heavy (non-hydrogen) atoms. The molecule has 6 heteroatoms. The summed E-state index contributed by atoms with van der Waals surface area (Å²) in [5, 5.41) is 0. The van der Waals surface area contributed by atoms with Gasteiger partial charge in [0, 0.05) is 25.2 Å². The number of ether oxygens (including phenoxy) is 1. The van der Waals surface area contributed by atoms with Crippen molar-refractivity contribution in [1.82, 2.24) is 14.5 Å². The summed E-state index contributed by atoms with van der Waals surface area (Å²) in [5.74, 6) is 0.868. The smallest absolute Gasteiger partial charge is 0.167 e.